The van der Waals surface area contributed by atoms with Gasteiger partial charge in [-0.15, -0.1) is 0 Å². The summed E-state index contributed by atoms with van der Waals surface area (Å²) in [4.78, 5) is 15.2. The van der Waals surface area contributed by atoms with E-state index in [0.29, 0.717) is 10.7 Å². The van der Waals surface area contributed by atoms with Crippen molar-refractivity contribution >= 4 is 28.8 Å². The van der Waals surface area contributed by atoms with Gasteiger partial charge in [0.1, 0.15) is 0 Å². The molecular formula is C12H8ClNO. The molecule has 1 aliphatic carbocycles. The van der Waals surface area contributed by atoms with Gasteiger partial charge in [0.25, 0.3) is 0 Å². The van der Waals surface area contributed by atoms with Crippen LogP contribution in [-0.4, -0.2) is 11.5 Å². The first kappa shape index (κ1) is 9.87. The lowest BCUT2D eigenvalue weighted by Gasteiger charge is -2.00. The zero-order chi connectivity index (χ0) is 10.7. The maximum absolute atomic E-state index is 10.9. The quantitative estimate of drug-likeness (QED) is 0.665. The van der Waals surface area contributed by atoms with Crippen molar-refractivity contribution in [2.75, 3.05) is 0 Å². The Morgan fingerprint density at radius 3 is 2.33 bits per heavy atom. The Kier molecular flexibility index (Phi) is 2.79. The van der Waals surface area contributed by atoms with Crippen molar-refractivity contribution in [3.63, 3.8) is 0 Å². The number of carbonyl (C=O) groups is 1. The molecule has 15 heavy (non-hydrogen) atoms. The molecule has 0 heterocycles. The average molecular weight is 218 g/mol. The third kappa shape index (κ3) is 2.42. The average Bonchev–Trinajstić information content (AvgIpc) is 2.25. The number of allylic oxidation sites excluding steroid dienone is 4. The summed E-state index contributed by atoms with van der Waals surface area (Å²) in [6, 6.07) is 7.32. The van der Waals surface area contributed by atoms with E-state index in [9.17, 15) is 4.79 Å². The van der Waals surface area contributed by atoms with Crippen LogP contribution in [-0.2, 0) is 4.79 Å². The molecule has 0 spiro atoms. The van der Waals surface area contributed by atoms with Gasteiger partial charge >= 0.3 is 0 Å². The fourth-order valence-corrected chi connectivity index (χ4v) is 1.38. The summed E-state index contributed by atoms with van der Waals surface area (Å²) in [5, 5.41) is 0.601. The van der Waals surface area contributed by atoms with E-state index in [1.54, 1.807) is 18.2 Å². The number of carbonyl (C=O) groups excluding carboxylic acids is 1. The van der Waals surface area contributed by atoms with Crippen LogP contribution in [0, 0.1) is 0 Å². The highest BCUT2D eigenvalue weighted by atomic mass is 35.5. The molecule has 0 N–H and O–H groups in total. The van der Waals surface area contributed by atoms with Crippen LogP contribution in [0.3, 0.4) is 0 Å². The minimum atomic E-state index is -0.0203. The predicted molar refractivity (Wildman–Crippen MR) is 61.8 cm³/mol. The van der Waals surface area contributed by atoms with Crippen LogP contribution < -0.4 is 0 Å². The van der Waals surface area contributed by atoms with E-state index in [0.717, 1.165) is 5.71 Å². The van der Waals surface area contributed by atoms with Gasteiger partial charge in [-0.3, -0.25) is 4.79 Å². The van der Waals surface area contributed by atoms with Crippen LogP contribution in [0.25, 0.3) is 0 Å². The number of benzene rings is 1. The minimum absolute atomic E-state index is 0.0203. The SMILES string of the molecule is O=C1C=CC(=Nc2ccccc2Cl)C=C1. The molecule has 0 amide bonds. The van der Waals surface area contributed by atoms with Crippen LogP contribution in [0.4, 0.5) is 5.69 Å². The first-order chi connectivity index (χ1) is 7.25. The first-order valence-electron chi connectivity index (χ1n) is 4.49. The molecule has 1 aromatic rings. The predicted octanol–water partition coefficient (Wildman–Crippen LogP) is 3.11. The molecule has 2 nitrogen and oxygen atoms in total. The zero-order valence-corrected chi connectivity index (χ0v) is 8.61. The van der Waals surface area contributed by atoms with Gasteiger partial charge in [0.05, 0.1) is 16.4 Å². The molecular weight excluding hydrogens is 210 g/mol. The Hall–Kier alpha value is -1.67. The van der Waals surface area contributed by atoms with E-state index < -0.39 is 0 Å². The molecule has 0 unspecified atom stereocenters. The first-order valence-corrected chi connectivity index (χ1v) is 4.87. The lowest BCUT2D eigenvalue weighted by Crippen LogP contribution is -1.98. The molecule has 2 rings (SSSR count). The minimum Gasteiger partial charge on any atom is -0.290 e. The number of ketones is 1. The fraction of sp³-hybridized carbons (Fsp3) is 0. The second kappa shape index (κ2) is 4.24. The highest BCUT2D eigenvalue weighted by molar-refractivity contribution is 6.33. The Labute approximate surface area is 92.6 Å². The zero-order valence-electron chi connectivity index (χ0n) is 7.85. The van der Waals surface area contributed by atoms with Crippen molar-refractivity contribution in [2.24, 2.45) is 4.99 Å². The number of hydrogen-bond acceptors (Lipinski definition) is 2. The maximum atomic E-state index is 10.9. The van der Waals surface area contributed by atoms with Crippen molar-refractivity contribution in [3.05, 3.63) is 53.6 Å². The van der Waals surface area contributed by atoms with Crippen molar-refractivity contribution in [2.45, 2.75) is 0 Å². The lowest BCUT2D eigenvalue weighted by atomic mass is 10.1. The van der Waals surface area contributed by atoms with Crippen molar-refractivity contribution < 1.29 is 4.79 Å². The Morgan fingerprint density at radius 2 is 1.67 bits per heavy atom. The molecule has 0 radical (unpaired) electrons. The third-order valence-electron chi connectivity index (χ3n) is 1.94. The smallest absolute Gasteiger partial charge is 0.178 e. The Balaban J connectivity index is 2.32. The highest BCUT2D eigenvalue weighted by Gasteiger charge is 2.01. The summed E-state index contributed by atoms with van der Waals surface area (Å²) in [5.74, 6) is -0.0203. The summed E-state index contributed by atoms with van der Waals surface area (Å²) < 4.78 is 0. The van der Waals surface area contributed by atoms with Crippen molar-refractivity contribution in [1.82, 2.24) is 0 Å². The number of para-hydroxylation sites is 1. The monoisotopic (exact) mass is 217 g/mol. The normalized spacial score (nSPS) is 14.5. The standard InChI is InChI=1S/C12H8ClNO/c13-11-3-1-2-4-12(11)14-9-5-7-10(15)8-6-9/h1-8H. The lowest BCUT2D eigenvalue weighted by molar-refractivity contribution is -0.110. The molecule has 0 bridgehead atoms. The van der Waals surface area contributed by atoms with Crippen molar-refractivity contribution in [1.29, 1.82) is 0 Å². The van der Waals surface area contributed by atoms with Gasteiger partial charge in [-0.05, 0) is 36.4 Å². The summed E-state index contributed by atoms with van der Waals surface area (Å²) in [7, 11) is 0. The van der Waals surface area contributed by atoms with Gasteiger partial charge in [-0.1, -0.05) is 23.7 Å². The van der Waals surface area contributed by atoms with E-state index in [1.807, 2.05) is 18.2 Å². The largest absolute Gasteiger partial charge is 0.290 e. The molecule has 0 atom stereocenters. The van der Waals surface area contributed by atoms with Gasteiger partial charge in [-0.25, -0.2) is 4.99 Å². The number of hydrogen-bond donors (Lipinski definition) is 0. The molecule has 74 valence electrons. The second-order valence-corrected chi connectivity index (χ2v) is 3.46. The van der Waals surface area contributed by atoms with E-state index >= 15 is 0 Å². The number of nitrogens with zero attached hydrogens (tertiary/aromatic N) is 1. The fourth-order valence-electron chi connectivity index (χ4n) is 1.20. The van der Waals surface area contributed by atoms with Crippen LogP contribution in [0.2, 0.25) is 5.02 Å². The molecule has 1 aliphatic rings. The molecule has 3 heteroatoms. The number of rotatable bonds is 1. The number of aliphatic imine (C=N–C) groups is 1. The van der Waals surface area contributed by atoms with E-state index in [4.69, 9.17) is 11.6 Å². The number of halogens is 1. The van der Waals surface area contributed by atoms with Crippen LogP contribution in [0.5, 0.6) is 0 Å². The Bertz CT molecular complexity index is 468. The topological polar surface area (TPSA) is 29.4 Å². The van der Waals surface area contributed by atoms with E-state index in [1.165, 1.54) is 12.2 Å². The second-order valence-electron chi connectivity index (χ2n) is 3.06. The van der Waals surface area contributed by atoms with E-state index in [2.05, 4.69) is 4.99 Å². The summed E-state index contributed by atoms with van der Waals surface area (Å²) in [6.45, 7) is 0. The molecule has 0 fully saturated rings. The van der Waals surface area contributed by atoms with Gasteiger partial charge in [0.2, 0.25) is 0 Å². The maximum Gasteiger partial charge on any atom is 0.178 e. The molecule has 0 saturated heterocycles. The van der Waals surface area contributed by atoms with Crippen LogP contribution in [0.15, 0.2) is 53.6 Å². The summed E-state index contributed by atoms with van der Waals surface area (Å²) >= 11 is 5.95. The third-order valence-corrected chi connectivity index (χ3v) is 2.26. The highest BCUT2D eigenvalue weighted by Crippen LogP contribution is 2.24. The van der Waals surface area contributed by atoms with Gasteiger partial charge in [-0.2, -0.15) is 0 Å². The van der Waals surface area contributed by atoms with Crippen LogP contribution in [0.1, 0.15) is 0 Å². The van der Waals surface area contributed by atoms with Crippen LogP contribution >= 0.6 is 11.6 Å². The Morgan fingerprint density at radius 1 is 1.00 bits per heavy atom. The van der Waals surface area contributed by atoms with Gasteiger partial charge < -0.3 is 0 Å². The molecule has 0 saturated carbocycles. The van der Waals surface area contributed by atoms with E-state index in [-0.39, 0.29) is 5.78 Å². The molecule has 1 aromatic carbocycles. The summed E-state index contributed by atoms with van der Waals surface area (Å²) in [5.41, 5.74) is 1.43. The van der Waals surface area contributed by atoms with Gasteiger partial charge in [0, 0.05) is 0 Å². The molecule has 0 aliphatic heterocycles. The molecule has 0 aromatic heterocycles. The van der Waals surface area contributed by atoms with Crippen molar-refractivity contribution in [3.8, 4) is 0 Å². The van der Waals surface area contributed by atoms with Gasteiger partial charge in [0.15, 0.2) is 5.78 Å². The summed E-state index contributed by atoms with van der Waals surface area (Å²) in [6.07, 6.45) is 6.31.